The van der Waals surface area contributed by atoms with E-state index in [9.17, 15) is 14.7 Å². The molecule has 0 rings (SSSR count). The number of allylic oxidation sites excluding steroid dienone is 1. The first kappa shape index (κ1) is 27.6. The second kappa shape index (κ2) is 16.4. The quantitative estimate of drug-likeness (QED) is 0.168. The average molecular weight is 415 g/mol. The molecule has 0 aliphatic heterocycles. The molecule has 0 aromatic rings. The normalized spacial score (nSPS) is 14.0. The fourth-order valence-corrected chi connectivity index (χ4v) is 2.71. The van der Waals surface area contributed by atoms with E-state index in [1.54, 1.807) is 0 Å². The second-order valence-corrected chi connectivity index (χ2v) is 8.68. The number of esters is 2. The molecular formula is C23H44NO5+. The van der Waals surface area contributed by atoms with Crippen molar-refractivity contribution in [2.75, 3.05) is 34.3 Å². The molecule has 0 aliphatic carbocycles. The predicted molar refractivity (Wildman–Crippen MR) is 116 cm³/mol. The van der Waals surface area contributed by atoms with E-state index in [1.807, 2.05) is 27.2 Å². The minimum absolute atomic E-state index is 0.160. The summed E-state index contributed by atoms with van der Waals surface area (Å²) in [7, 11) is 6.11. The molecule has 0 radical (unpaired) electrons. The SMILES string of the molecule is CCC/C=C\CC(O)C(CCCCC)OC(=O)CCCC(=O)OCC[N+](C)(C)C. The average Bonchev–Trinajstić information content (AvgIpc) is 2.63. The lowest BCUT2D eigenvalue weighted by atomic mass is 10.0. The van der Waals surface area contributed by atoms with Gasteiger partial charge in [-0.2, -0.15) is 0 Å². The van der Waals surface area contributed by atoms with Crippen molar-refractivity contribution in [3.63, 3.8) is 0 Å². The van der Waals surface area contributed by atoms with E-state index in [0.29, 0.717) is 25.9 Å². The third-order valence-electron chi connectivity index (χ3n) is 4.59. The number of hydrogen-bond acceptors (Lipinski definition) is 5. The van der Waals surface area contributed by atoms with E-state index in [0.717, 1.165) is 43.1 Å². The van der Waals surface area contributed by atoms with Crippen molar-refractivity contribution in [3.8, 4) is 0 Å². The third-order valence-corrected chi connectivity index (χ3v) is 4.59. The minimum Gasteiger partial charge on any atom is -0.460 e. The van der Waals surface area contributed by atoms with Gasteiger partial charge in [-0.3, -0.25) is 9.59 Å². The Labute approximate surface area is 177 Å². The Morgan fingerprint density at radius 2 is 1.66 bits per heavy atom. The van der Waals surface area contributed by atoms with Gasteiger partial charge in [-0.15, -0.1) is 0 Å². The molecule has 0 saturated heterocycles. The minimum atomic E-state index is -0.690. The van der Waals surface area contributed by atoms with Crippen molar-refractivity contribution in [2.24, 2.45) is 0 Å². The summed E-state index contributed by atoms with van der Waals surface area (Å²) in [5, 5.41) is 10.4. The van der Waals surface area contributed by atoms with Gasteiger partial charge in [-0.1, -0.05) is 45.3 Å². The molecule has 0 saturated carbocycles. The Kier molecular flexibility index (Phi) is 15.6. The van der Waals surface area contributed by atoms with Crippen LogP contribution >= 0.6 is 0 Å². The first-order valence-corrected chi connectivity index (χ1v) is 11.2. The van der Waals surface area contributed by atoms with E-state index in [4.69, 9.17) is 9.47 Å². The number of aliphatic hydroxyl groups excluding tert-OH is 1. The number of aliphatic hydroxyl groups is 1. The van der Waals surface area contributed by atoms with Crippen LogP contribution in [0.4, 0.5) is 0 Å². The summed E-state index contributed by atoms with van der Waals surface area (Å²) in [6, 6.07) is 0. The summed E-state index contributed by atoms with van der Waals surface area (Å²) < 4.78 is 11.5. The standard InChI is InChI=1S/C23H44NO5/c1-6-8-10-12-14-20(25)21(15-11-9-7-2)29-23(27)17-13-16-22(26)28-19-18-24(3,4)5/h10,12,20-21,25H,6-9,11,13-19H2,1-5H3/q+1/b12-10-. The highest BCUT2D eigenvalue weighted by molar-refractivity contribution is 5.72. The smallest absolute Gasteiger partial charge is 0.306 e. The fourth-order valence-electron chi connectivity index (χ4n) is 2.71. The molecule has 0 aromatic carbocycles. The lowest BCUT2D eigenvalue weighted by Gasteiger charge is -2.23. The van der Waals surface area contributed by atoms with Crippen LogP contribution in [0.2, 0.25) is 0 Å². The predicted octanol–water partition coefficient (Wildman–Crippen LogP) is 4.01. The third kappa shape index (κ3) is 17.2. The molecule has 0 bridgehead atoms. The Morgan fingerprint density at radius 1 is 0.966 bits per heavy atom. The molecule has 2 unspecified atom stereocenters. The van der Waals surface area contributed by atoms with Crippen molar-refractivity contribution in [1.29, 1.82) is 0 Å². The van der Waals surface area contributed by atoms with Crippen LogP contribution in [0, 0.1) is 0 Å². The number of ether oxygens (including phenoxy) is 2. The number of nitrogens with zero attached hydrogens (tertiary/aromatic N) is 1. The van der Waals surface area contributed by atoms with E-state index in [2.05, 4.69) is 19.9 Å². The number of rotatable bonds is 17. The zero-order valence-electron chi connectivity index (χ0n) is 19.3. The van der Waals surface area contributed by atoms with Crippen molar-refractivity contribution in [2.45, 2.75) is 90.3 Å². The van der Waals surface area contributed by atoms with Gasteiger partial charge in [0, 0.05) is 12.8 Å². The first-order chi connectivity index (χ1) is 13.7. The fraction of sp³-hybridized carbons (Fsp3) is 0.826. The molecule has 170 valence electrons. The first-order valence-electron chi connectivity index (χ1n) is 11.2. The van der Waals surface area contributed by atoms with E-state index in [1.165, 1.54) is 0 Å². The molecule has 29 heavy (non-hydrogen) atoms. The summed E-state index contributed by atoms with van der Waals surface area (Å²) in [4.78, 5) is 23.9. The molecule has 2 atom stereocenters. The number of carbonyl (C=O) groups excluding carboxylic acids is 2. The van der Waals surface area contributed by atoms with Crippen LogP contribution in [0.5, 0.6) is 0 Å². The molecule has 0 spiro atoms. The lowest BCUT2D eigenvalue weighted by Crippen LogP contribution is -2.38. The van der Waals surface area contributed by atoms with Gasteiger partial charge in [0.15, 0.2) is 0 Å². The number of likely N-dealkylation sites (N-methyl/N-ethyl adjacent to an activating group) is 1. The number of quaternary nitrogens is 1. The Morgan fingerprint density at radius 3 is 2.28 bits per heavy atom. The van der Waals surface area contributed by atoms with Crippen LogP contribution in [0.15, 0.2) is 12.2 Å². The molecule has 6 heteroatoms. The molecular weight excluding hydrogens is 370 g/mol. The van der Waals surface area contributed by atoms with Crippen LogP contribution in [-0.2, 0) is 19.1 Å². The molecule has 0 aromatic heterocycles. The van der Waals surface area contributed by atoms with Crippen molar-refractivity contribution in [3.05, 3.63) is 12.2 Å². The molecule has 0 fully saturated rings. The molecule has 0 amide bonds. The molecule has 6 nitrogen and oxygen atoms in total. The van der Waals surface area contributed by atoms with Crippen LogP contribution in [0.3, 0.4) is 0 Å². The van der Waals surface area contributed by atoms with Crippen molar-refractivity contribution < 1.29 is 28.7 Å². The number of unbranched alkanes of at least 4 members (excludes halogenated alkanes) is 3. The van der Waals surface area contributed by atoms with Gasteiger partial charge >= 0.3 is 11.9 Å². The summed E-state index contributed by atoms with van der Waals surface area (Å²) in [6.45, 7) is 5.35. The van der Waals surface area contributed by atoms with Crippen LogP contribution < -0.4 is 0 Å². The molecule has 0 aliphatic rings. The van der Waals surface area contributed by atoms with E-state index < -0.39 is 12.2 Å². The summed E-state index contributed by atoms with van der Waals surface area (Å²) in [5.74, 6) is -0.644. The topological polar surface area (TPSA) is 72.8 Å². The van der Waals surface area contributed by atoms with Gasteiger partial charge in [0.1, 0.15) is 19.3 Å². The monoisotopic (exact) mass is 414 g/mol. The summed E-state index contributed by atoms with van der Waals surface area (Å²) >= 11 is 0. The van der Waals surface area contributed by atoms with Gasteiger partial charge in [-0.05, 0) is 32.1 Å². The lowest BCUT2D eigenvalue weighted by molar-refractivity contribution is -0.870. The van der Waals surface area contributed by atoms with Crippen LogP contribution in [0.25, 0.3) is 0 Å². The van der Waals surface area contributed by atoms with Gasteiger partial charge in [0.25, 0.3) is 0 Å². The van der Waals surface area contributed by atoms with Gasteiger partial charge < -0.3 is 19.1 Å². The largest absolute Gasteiger partial charge is 0.460 e. The maximum atomic E-state index is 12.2. The van der Waals surface area contributed by atoms with Crippen LogP contribution in [-0.4, -0.2) is 68.0 Å². The molecule has 1 N–H and O–H groups in total. The van der Waals surface area contributed by atoms with E-state index >= 15 is 0 Å². The Balaban J connectivity index is 4.30. The Bertz CT molecular complexity index is 470. The maximum absolute atomic E-state index is 12.2. The van der Waals surface area contributed by atoms with Gasteiger partial charge in [0.2, 0.25) is 0 Å². The summed E-state index contributed by atoms with van der Waals surface area (Å²) in [5.41, 5.74) is 0. The zero-order valence-corrected chi connectivity index (χ0v) is 19.3. The van der Waals surface area contributed by atoms with Gasteiger partial charge in [-0.25, -0.2) is 0 Å². The van der Waals surface area contributed by atoms with Crippen molar-refractivity contribution >= 4 is 11.9 Å². The summed E-state index contributed by atoms with van der Waals surface area (Å²) in [6.07, 6.45) is 9.84. The number of hydrogen-bond donors (Lipinski definition) is 1. The second-order valence-electron chi connectivity index (χ2n) is 8.68. The number of carbonyl (C=O) groups is 2. The van der Waals surface area contributed by atoms with Crippen LogP contribution in [0.1, 0.15) is 78.1 Å². The maximum Gasteiger partial charge on any atom is 0.306 e. The molecule has 0 heterocycles. The highest BCUT2D eigenvalue weighted by atomic mass is 16.6. The highest BCUT2D eigenvalue weighted by Gasteiger charge is 2.22. The zero-order chi connectivity index (χ0) is 22.1. The Hall–Kier alpha value is -1.40. The highest BCUT2D eigenvalue weighted by Crippen LogP contribution is 2.15. The van der Waals surface area contributed by atoms with Gasteiger partial charge in [0.05, 0.1) is 27.2 Å². The van der Waals surface area contributed by atoms with Crippen molar-refractivity contribution in [1.82, 2.24) is 0 Å². The van der Waals surface area contributed by atoms with E-state index in [-0.39, 0.29) is 24.8 Å².